The normalized spacial score (nSPS) is 24.3. The van der Waals surface area contributed by atoms with E-state index in [1.165, 1.54) is 0 Å². The van der Waals surface area contributed by atoms with Crippen LogP contribution < -0.4 is 0 Å². The summed E-state index contributed by atoms with van der Waals surface area (Å²) in [5, 5.41) is 4.00. The Bertz CT molecular complexity index is 1950. The van der Waals surface area contributed by atoms with Crippen molar-refractivity contribution in [3.63, 3.8) is 0 Å². The number of Topliss-reactive ketones (excluding diaryl/α,β-unsaturated/α-hetero) is 2. The molecule has 12 heteroatoms. The molecule has 0 bridgehead atoms. The van der Waals surface area contributed by atoms with Crippen LogP contribution >= 0.6 is 46.2 Å². The van der Waals surface area contributed by atoms with Gasteiger partial charge in [-0.2, -0.15) is 0 Å². The number of allylic oxidation sites excluding steroid dienone is 6. The molecule has 0 N–H and O–H groups in total. The molecule has 4 aromatic rings. The molecule has 2 saturated heterocycles. The molecule has 4 aliphatic rings. The van der Waals surface area contributed by atoms with Crippen molar-refractivity contribution in [1.82, 2.24) is 0 Å². The molecule has 276 valence electrons. The summed E-state index contributed by atoms with van der Waals surface area (Å²) in [7, 11) is 0. The SMILES string of the molecule is CSc1ccc(C(=O)O[C@@H]2OCC(=O)C3=CC=C[C@@H](c4cccs4)[C@H]32)cc1.CSc1ccc(C(=O)O[C@@H]2OCC(=O)C3=CC=C[C@@H](c4cccs4)[C@H]32)cc1. The Balaban J connectivity index is 0.000000167. The molecule has 0 unspecified atom stereocenters. The maximum Gasteiger partial charge on any atom is 0.340 e. The van der Waals surface area contributed by atoms with Crippen LogP contribution in [-0.4, -0.2) is 61.8 Å². The van der Waals surface area contributed by atoms with Gasteiger partial charge in [-0.1, -0.05) is 48.6 Å². The lowest BCUT2D eigenvalue weighted by Gasteiger charge is -2.37. The highest BCUT2D eigenvalue weighted by Gasteiger charge is 2.44. The van der Waals surface area contributed by atoms with Crippen LogP contribution in [-0.2, 0) is 28.5 Å². The van der Waals surface area contributed by atoms with E-state index >= 15 is 0 Å². The minimum atomic E-state index is -0.793. The quantitative estimate of drug-likeness (QED) is 0.127. The first-order valence-corrected chi connectivity index (χ1v) is 21.4. The largest absolute Gasteiger partial charge is 0.431 e. The lowest BCUT2D eigenvalue weighted by molar-refractivity contribution is -0.163. The van der Waals surface area contributed by atoms with Crippen molar-refractivity contribution < 1.29 is 38.1 Å². The lowest BCUT2D eigenvalue weighted by Crippen LogP contribution is -2.43. The van der Waals surface area contributed by atoms with Crippen LogP contribution in [0.2, 0.25) is 0 Å². The van der Waals surface area contributed by atoms with Gasteiger partial charge in [-0.25, -0.2) is 9.59 Å². The number of hydrogen-bond donors (Lipinski definition) is 0. The van der Waals surface area contributed by atoms with E-state index in [1.807, 2.05) is 108 Å². The van der Waals surface area contributed by atoms with Crippen molar-refractivity contribution in [2.45, 2.75) is 34.2 Å². The fourth-order valence-electron chi connectivity index (χ4n) is 6.81. The number of benzene rings is 2. The average molecular weight is 797 g/mol. The van der Waals surface area contributed by atoms with Crippen molar-refractivity contribution in [3.05, 3.63) is 152 Å². The predicted molar refractivity (Wildman–Crippen MR) is 212 cm³/mol. The number of fused-ring (bicyclic) bond motifs is 2. The highest BCUT2D eigenvalue weighted by molar-refractivity contribution is 7.98. The zero-order valence-corrected chi connectivity index (χ0v) is 32.6. The Kier molecular flexibility index (Phi) is 12.3. The van der Waals surface area contributed by atoms with Gasteiger partial charge in [0.1, 0.15) is 13.2 Å². The molecule has 0 amide bonds. The van der Waals surface area contributed by atoms with Crippen LogP contribution in [0.4, 0.5) is 0 Å². The number of ether oxygens (including phenoxy) is 4. The van der Waals surface area contributed by atoms with Crippen LogP contribution in [0.25, 0.3) is 0 Å². The van der Waals surface area contributed by atoms with E-state index in [4.69, 9.17) is 18.9 Å². The van der Waals surface area contributed by atoms with Crippen LogP contribution in [0, 0.1) is 11.8 Å². The van der Waals surface area contributed by atoms with E-state index in [2.05, 4.69) is 0 Å². The Labute approximate surface area is 329 Å². The van der Waals surface area contributed by atoms with Gasteiger partial charge in [-0.05, 0) is 83.9 Å². The topological polar surface area (TPSA) is 105 Å². The van der Waals surface area contributed by atoms with Crippen LogP contribution in [0.3, 0.4) is 0 Å². The summed E-state index contributed by atoms with van der Waals surface area (Å²) in [4.78, 5) is 54.3. The van der Waals surface area contributed by atoms with E-state index in [0.29, 0.717) is 22.3 Å². The third-order valence-corrected chi connectivity index (χ3v) is 12.9. The number of thioether (sulfide) groups is 2. The molecule has 2 aromatic heterocycles. The average Bonchev–Trinajstić information content (AvgIpc) is 3.96. The molecule has 6 atom stereocenters. The first kappa shape index (κ1) is 38.0. The molecule has 2 aliphatic heterocycles. The first-order valence-electron chi connectivity index (χ1n) is 17.2. The summed E-state index contributed by atoms with van der Waals surface area (Å²) >= 11 is 6.46. The molecule has 8 rings (SSSR count). The van der Waals surface area contributed by atoms with E-state index in [1.54, 1.807) is 70.5 Å². The number of carbonyl (C=O) groups is 4. The van der Waals surface area contributed by atoms with Crippen LogP contribution in [0.5, 0.6) is 0 Å². The second-order valence-corrected chi connectivity index (χ2v) is 16.3. The van der Waals surface area contributed by atoms with Crippen molar-refractivity contribution in [2.75, 3.05) is 25.7 Å². The van der Waals surface area contributed by atoms with Crippen LogP contribution in [0.1, 0.15) is 42.3 Å². The van der Waals surface area contributed by atoms with Crippen molar-refractivity contribution in [2.24, 2.45) is 11.8 Å². The maximum atomic E-state index is 12.6. The Morgan fingerprint density at radius 1 is 0.630 bits per heavy atom. The van der Waals surface area contributed by atoms with E-state index in [-0.39, 0.29) is 48.5 Å². The molecule has 4 heterocycles. The van der Waals surface area contributed by atoms with E-state index in [0.717, 1.165) is 19.5 Å². The number of thiophene rings is 2. The zero-order chi connectivity index (χ0) is 37.6. The van der Waals surface area contributed by atoms with Gasteiger partial charge >= 0.3 is 11.9 Å². The van der Waals surface area contributed by atoms with Crippen molar-refractivity contribution >= 4 is 69.7 Å². The van der Waals surface area contributed by atoms with Gasteiger partial charge in [0.25, 0.3) is 0 Å². The molecule has 0 radical (unpaired) electrons. The van der Waals surface area contributed by atoms with E-state index in [9.17, 15) is 19.2 Å². The molecule has 0 spiro atoms. The summed E-state index contributed by atoms with van der Waals surface area (Å²) < 4.78 is 22.7. The summed E-state index contributed by atoms with van der Waals surface area (Å²) in [6.07, 6.45) is 13.9. The second-order valence-electron chi connectivity index (χ2n) is 12.6. The van der Waals surface area contributed by atoms with Gasteiger partial charge in [0.15, 0.2) is 11.6 Å². The lowest BCUT2D eigenvalue weighted by atomic mass is 9.78. The summed E-state index contributed by atoms with van der Waals surface area (Å²) in [5.41, 5.74) is 2.27. The third-order valence-electron chi connectivity index (χ3n) is 9.51. The summed E-state index contributed by atoms with van der Waals surface area (Å²) in [6.45, 7) is -0.145. The maximum absolute atomic E-state index is 12.6. The van der Waals surface area contributed by atoms with Crippen molar-refractivity contribution in [3.8, 4) is 0 Å². The predicted octanol–water partition coefficient (Wildman–Crippen LogP) is 8.90. The Morgan fingerprint density at radius 2 is 1.04 bits per heavy atom. The second kappa shape index (κ2) is 17.4. The molecule has 8 nitrogen and oxygen atoms in total. The minimum Gasteiger partial charge on any atom is -0.431 e. The summed E-state index contributed by atoms with van der Waals surface area (Å²) in [5.74, 6) is -1.75. The molecule has 2 fully saturated rings. The van der Waals surface area contributed by atoms with Gasteiger partial charge in [0.2, 0.25) is 12.6 Å². The zero-order valence-electron chi connectivity index (χ0n) is 29.3. The molecule has 2 aliphatic carbocycles. The number of ketones is 2. The van der Waals surface area contributed by atoms with Gasteiger partial charge in [0.05, 0.1) is 23.0 Å². The molecule has 2 aromatic carbocycles. The smallest absolute Gasteiger partial charge is 0.340 e. The minimum absolute atomic E-state index is 0.0501. The van der Waals surface area contributed by atoms with Crippen molar-refractivity contribution in [1.29, 1.82) is 0 Å². The third kappa shape index (κ3) is 8.34. The highest BCUT2D eigenvalue weighted by Crippen LogP contribution is 2.44. The molecule has 0 saturated carbocycles. The fraction of sp³-hybridized carbons (Fsp3) is 0.238. The van der Waals surface area contributed by atoms with Gasteiger partial charge in [-0.15, -0.1) is 46.2 Å². The molecular weight excluding hydrogens is 761 g/mol. The molecular formula is C42H36O8S4. The van der Waals surface area contributed by atoms with Crippen LogP contribution in [0.15, 0.2) is 141 Å². The number of esters is 2. The molecule has 54 heavy (non-hydrogen) atoms. The van der Waals surface area contributed by atoms with Gasteiger partial charge in [0, 0.05) is 42.5 Å². The highest BCUT2D eigenvalue weighted by atomic mass is 32.2. The number of hydrogen-bond acceptors (Lipinski definition) is 12. The standard InChI is InChI=1S/2C21H18O4S2/c2*1-26-14-9-7-13(8-10-14)20(23)25-21-19-15(17(22)12-24-21)4-2-5-16(19)18-6-3-11-27-18/h2*2-11,16,19,21H,12H2,1H3/t2*16-,19-,21-/m00/s1. The fourth-order valence-corrected chi connectivity index (χ4v) is 9.33. The first-order chi connectivity index (χ1) is 26.3. The van der Waals surface area contributed by atoms with E-state index < -0.39 is 24.5 Å². The monoisotopic (exact) mass is 796 g/mol. The van der Waals surface area contributed by atoms with Gasteiger partial charge in [-0.3, -0.25) is 9.59 Å². The van der Waals surface area contributed by atoms with Gasteiger partial charge < -0.3 is 18.9 Å². The Morgan fingerprint density at radius 3 is 1.39 bits per heavy atom. The number of rotatable bonds is 8. The summed E-state index contributed by atoms with van der Waals surface area (Å²) in [6, 6.07) is 22.5. The Hall–Kier alpha value is -4.30. The number of carbonyl (C=O) groups excluding carboxylic acids is 4.